The van der Waals surface area contributed by atoms with Crippen molar-refractivity contribution in [3.05, 3.63) is 59.9 Å². The molecule has 2 aromatic carbocycles. The van der Waals surface area contributed by atoms with Gasteiger partial charge in [-0.2, -0.15) is 10.2 Å². The Labute approximate surface area is 200 Å². The van der Waals surface area contributed by atoms with Crippen LogP contribution in [0.3, 0.4) is 0 Å². The van der Waals surface area contributed by atoms with E-state index in [1.54, 1.807) is 0 Å². The minimum Gasteiger partial charge on any atom is -0.329 e. The molecule has 10 N–H and O–H groups in total. The highest BCUT2D eigenvalue weighted by Gasteiger charge is 2.25. The Morgan fingerprint density at radius 3 is 2.21 bits per heavy atom. The van der Waals surface area contributed by atoms with Gasteiger partial charge in [-0.05, 0) is 67.5 Å². The first-order valence-corrected chi connectivity index (χ1v) is 12.4. The fourth-order valence-electron chi connectivity index (χ4n) is 4.84. The number of nitrogens with zero attached hydrogens (tertiary/aromatic N) is 2. The van der Waals surface area contributed by atoms with Crippen LogP contribution < -0.4 is 22.9 Å². The molecule has 34 heavy (non-hydrogen) atoms. The van der Waals surface area contributed by atoms with Gasteiger partial charge in [0.05, 0.1) is 23.4 Å². The quantitative estimate of drug-likeness (QED) is 0.167. The first-order valence-electron chi connectivity index (χ1n) is 12.4. The number of unbranched alkanes of at least 4 members (excludes halogenated alkanes) is 1. The summed E-state index contributed by atoms with van der Waals surface area (Å²) in [7, 11) is 0. The maximum Gasteiger partial charge on any atom is 0.0650 e. The zero-order valence-electron chi connectivity index (χ0n) is 19.8. The SMILES string of the molecule is NCC(N)CCCC(c1ccc2[nH]ncc2c1)C(N)C(N)CCCCc1ccc2[nH]ncc2c1. The molecule has 8 nitrogen and oxygen atoms in total. The molecule has 0 aliphatic heterocycles. The minimum absolute atomic E-state index is 0.0307. The number of aromatic amines is 2. The molecule has 0 aliphatic rings. The van der Waals surface area contributed by atoms with E-state index in [4.69, 9.17) is 22.9 Å². The van der Waals surface area contributed by atoms with Crippen LogP contribution >= 0.6 is 0 Å². The Morgan fingerprint density at radius 1 is 0.765 bits per heavy atom. The number of aromatic nitrogens is 4. The summed E-state index contributed by atoms with van der Waals surface area (Å²) < 4.78 is 0. The molecule has 4 rings (SSSR count). The molecular weight excluding hydrogens is 424 g/mol. The molecule has 0 fully saturated rings. The third kappa shape index (κ3) is 6.01. The summed E-state index contributed by atoms with van der Waals surface area (Å²) in [4.78, 5) is 0. The molecule has 0 saturated heterocycles. The lowest BCUT2D eigenvalue weighted by Crippen LogP contribution is -2.45. The Kier molecular flexibility index (Phi) is 8.29. The Bertz CT molecular complexity index is 1170. The molecular formula is C26H38N8. The number of aryl methyl sites for hydroxylation is 1. The summed E-state index contributed by atoms with van der Waals surface area (Å²) in [6.07, 6.45) is 10.6. The van der Waals surface area contributed by atoms with Gasteiger partial charge in [0.15, 0.2) is 0 Å². The van der Waals surface area contributed by atoms with Crippen LogP contribution in [0.4, 0.5) is 0 Å². The first kappa shape index (κ1) is 24.3. The van der Waals surface area contributed by atoms with Crippen molar-refractivity contribution < 1.29 is 0 Å². The highest BCUT2D eigenvalue weighted by atomic mass is 15.1. The maximum absolute atomic E-state index is 6.79. The van der Waals surface area contributed by atoms with E-state index in [0.717, 1.165) is 66.8 Å². The van der Waals surface area contributed by atoms with E-state index < -0.39 is 0 Å². The van der Waals surface area contributed by atoms with Crippen molar-refractivity contribution in [1.82, 2.24) is 20.4 Å². The molecule has 0 bridgehead atoms. The average molecular weight is 463 g/mol. The second-order valence-corrected chi connectivity index (χ2v) is 9.53. The summed E-state index contributed by atoms with van der Waals surface area (Å²) in [5.41, 5.74) is 29.8. The van der Waals surface area contributed by atoms with E-state index in [1.165, 1.54) is 11.1 Å². The molecule has 2 aromatic heterocycles. The van der Waals surface area contributed by atoms with E-state index in [9.17, 15) is 0 Å². The number of hydrogen-bond donors (Lipinski definition) is 6. The zero-order chi connectivity index (χ0) is 23.9. The van der Waals surface area contributed by atoms with Crippen LogP contribution in [0.2, 0.25) is 0 Å². The lowest BCUT2D eigenvalue weighted by molar-refractivity contribution is 0.387. The third-order valence-electron chi connectivity index (χ3n) is 7.00. The van der Waals surface area contributed by atoms with E-state index >= 15 is 0 Å². The van der Waals surface area contributed by atoms with E-state index in [0.29, 0.717) is 6.54 Å². The van der Waals surface area contributed by atoms with Gasteiger partial charge in [0.2, 0.25) is 0 Å². The van der Waals surface area contributed by atoms with Gasteiger partial charge in [0.25, 0.3) is 0 Å². The van der Waals surface area contributed by atoms with Crippen molar-refractivity contribution in [3.63, 3.8) is 0 Å². The smallest absolute Gasteiger partial charge is 0.0650 e. The molecule has 0 aliphatic carbocycles. The van der Waals surface area contributed by atoms with Crippen LogP contribution in [0.1, 0.15) is 55.6 Å². The predicted octanol–water partition coefficient (Wildman–Crippen LogP) is 3.05. The number of fused-ring (bicyclic) bond motifs is 2. The van der Waals surface area contributed by atoms with Crippen LogP contribution in [0.25, 0.3) is 21.8 Å². The fraction of sp³-hybridized carbons (Fsp3) is 0.462. The maximum atomic E-state index is 6.79. The number of nitrogens with one attached hydrogen (secondary N) is 2. The van der Waals surface area contributed by atoms with Gasteiger partial charge in [-0.25, -0.2) is 0 Å². The molecule has 182 valence electrons. The molecule has 0 saturated carbocycles. The van der Waals surface area contributed by atoms with E-state index in [-0.39, 0.29) is 24.0 Å². The number of H-pyrrole nitrogens is 2. The summed E-state index contributed by atoms with van der Waals surface area (Å²) in [6.45, 7) is 0.505. The topological polar surface area (TPSA) is 161 Å². The molecule has 2 heterocycles. The van der Waals surface area contributed by atoms with Crippen molar-refractivity contribution in [2.24, 2.45) is 22.9 Å². The van der Waals surface area contributed by atoms with Gasteiger partial charge in [-0.15, -0.1) is 0 Å². The Morgan fingerprint density at radius 2 is 1.47 bits per heavy atom. The Hall–Kier alpha value is -2.78. The van der Waals surface area contributed by atoms with Gasteiger partial charge in [-0.1, -0.05) is 25.0 Å². The number of hydrogen-bond acceptors (Lipinski definition) is 6. The van der Waals surface area contributed by atoms with Crippen molar-refractivity contribution in [1.29, 1.82) is 0 Å². The summed E-state index contributed by atoms with van der Waals surface area (Å²) in [5, 5.41) is 16.5. The van der Waals surface area contributed by atoms with E-state index in [1.807, 2.05) is 12.4 Å². The lowest BCUT2D eigenvalue weighted by Gasteiger charge is -2.30. The largest absolute Gasteiger partial charge is 0.329 e. The van der Waals surface area contributed by atoms with Crippen molar-refractivity contribution >= 4 is 21.8 Å². The second kappa shape index (κ2) is 11.6. The van der Waals surface area contributed by atoms with Crippen LogP contribution in [-0.4, -0.2) is 45.1 Å². The zero-order valence-corrected chi connectivity index (χ0v) is 19.8. The normalized spacial score (nSPS) is 15.5. The molecule has 8 heteroatoms. The second-order valence-electron chi connectivity index (χ2n) is 9.53. The van der Waals surface area contributed by atoms with Crippen LogP contribution in [0.5, 0.6) is 0 Å². The number of benzene rings is 2. The summed E-state index contributed by atoms with van der Waals surface area (Å²) in [6, 6.07) is 12.7. The molecule has 0 amide bonds. The van der Waals surface area contributed by atoms with Crippen LogP contribution in [0.15, 0.2) is 48.8 Å². The summed E-state index contributed by atoms with van der Waals surface area (Å²) in [5.74, 6) is 0.169. The molecule has 4 atom stereocenters. The first-order chi connectivity index (χ1) is 16.5. The number of rotatable bonds is 13. The van der Waals surface area contributed by atoms with Gasteiger partial charge >= 0.3 is 0 Å². The van der Waals surface area contributed by atoms with Crippen molar-refractivity contribution in [2.75, 3.05) is 6.54 Å². The van der Waals surface area contributed by atoms with Gasteiger partial charge in [0.1, 0.15) is 0 Å². The van der Waals surface area contributed by atoms with Gasteiger partial charge in [-0.3, -0.25) is 10.2 Å². The minimum atomic E-state index is -0.124. The van der Waals surface area contributed by atoms with Gasteiger partial charge < -0.3 is 22.9 Å². The van der Waals surface area contributed by atoms with Crippen LogP contribution in [0, 0.1) is 0 Å². The Balaban J connectivity index is 1.34. The standard InChI is InChI=1S/C26H38N8/c27-14-21(28)5-3-6-22(18-9-11-25-20(13-18)16-32-34-25)26(30)23(29)7-2-1-4-17-8-10-24-19(12-17)15-31-33-24/h8-13,15-16,21-23,26H,1-7,14,27-30H2,(H,31,33)(H,32,34). The monoisotopic (exact) mass is 462 g/mol. The molecule has 0 radical (unpaired) electrons. The predicted molar refractivity (Wildman–Crippen MR) is 139 cm³/mol. The molecule has 4 aromatic rings. The van der Waals surface area contributed by atoms with E-state index in [2.05, 4.69) is 56.8 Å². The van der Waals surface area contributed by atoms with Gasteiger partial charge in [0, 0.05) is 41.4 Å². The fourth-order valence-corrected chi connectivity index (χ4v) is 4.84. The third-order valence-corrected chi connectivity index (χ3v) is 7.00. The summed E-state index contributed by atoms with van der Waals surface area (Å²) >= 11 is 0. The number of nitrogens with two attached hydrogens (primary N) is 4. The highest BCUT2D eigenvalue weighted by Crippen LogP contribution is 2.29. The lowest BCUT2D eigenvalue weighted by atomic mass is 9.82. The molecule has 0 spiro atoms. The average Bonchev–Trinajstić information content (AvgIpc) is 3.52. The van der Waals surface area contributed by atoms with Crippen molar-refractivity contribution in [3.8, 4) is 0 Å². The van der Waals surface area contributed by atoms with Crippen LogP contribution in [-0.2, 0) is 6.42 Å². The highest BCUT2D eigenvalue weighted by molar-refractivity contribution is 5.79. The molecule has 4 unspecified atom stereocenters. The van der Waals surface area contributed by atoms with Crippen molar-refractivity contribution in [2.45, 2.75) is 69.0 Å².